The second-order valence-corrected chi connectivity index (χ2v) is 7.59. The van der Waals surface area contributed by atoms with Crippen LogP contribution in [0.3, 0.4) is 0 Å². The topological polar surface area (TPSA) is 60.5 Å². The first kappa shape index (κ1) is 18.9. The van der Waals surface area contributed by atoms with Gasteiger partial charge in [-0.05, 0) is 57.4 Å². The normalized spacial score (nSPS) is 18.5. The number of benzene rings is 1. The first-order valence-corrected chi connectivity index (χ1v) is 9.62. The van der Waals surface area contributed by atoms with Gasteiger partial charge in [-0.25, -0.2) is 9.37 Å². The van der Waals surface area contributed by atoms with Gasteiger partial charge in [0.25, 0.3) is 5.91 Å². The van der Waals surface area contributed by atoms with Crippen LogP contribution in [0.2, 0.25) is 0 Å². The summed E-state index contributed by atoms with van der Waals surface area (Å²) in [5.41, 5.74) is 1.56. The lowest BCUT2D eigenvalue weighted by atomic mass is 10.1. The number of hydrogen-bond acceptors (Lipinski definition) is 5. The van der Waals surface area contributed by atoms with E-state index < -0.39 is 6.10 Å². The van der Waals surface area contributed by atoms with Crippen LogP contribution >= 0.6 is 11.3 Å². The molecule has 1 aliphatic heterocycles. The predicted octanol–water partition coefficient (Wildman–Crippen LogP) is 4.17. The fraction of sp³-hybridized carbons (Fsp3) is 0.474. The largest absolute Gasteiger partial charge is 0.376 e. The number of hydrogen-bond donors (Lipinski definition) is 1. The fourth-order valence-electron chi connectivity index (χ4n) is 2.80. The first-order chi connectivity index (χ1) is 12.5. The summed E-state index contributed by atoms with van der Waals surface area (Å²) in [5.74, 6) is -0.525. The number of rotatable bonds is 6. The molecule has 7 heteroatoms. The highest BCUT2D eigenvalue weighted by Gasteiger charge is 2.20. The number of nitrogens with one attached hydrogen (secondary N) is 1. The zero-order valence-electron chi connectivity index (χ0n) is 15.0. The van der Waals surface area contributed by atoms with Crippen LogP contribution < -0.4 is 5.32 Å². The summed E-state index contributed by atoms with van der Waals surface area (Å²) in [6.07, 6.45) is 2.69. The molecule has 1 amide bonds. The number of ether oxygens (including phenoxy) is 2. The lowest BCUT2D eigenvalue weighted by molar-refractivity contribution is -0.130. The molecule has 1 aromatic carbocycles. The maximum Gasteiger partial charge on any atom is 0.254 e. The van der Waals surface area contributed by atoms with Gasteiger partial charge in [0, 0.05) is 17.0 Å². The van der Waals surface area contributed by atoms with Gasteiger partial charge in [0.2, 0.25) is 0 Å². The summed E-state index contributed by atoms with van der Waals surface area (Å²) in [5, 5.41) is 3.31. The van der Waals surface area contributed by atoms with E-state index in [-0.39, 0.29) is 17.8 Å². The molecule has 0 unspecified atom stereocenters. The van der Waals surface area contributed by atoms with E-state index in [9.17, 15) is 9.18 Å². The van der Waals surface area contributed by atoms with Crippen molar-refractivity contribution in [1.82, 2.24) is 4.98 Å². The van der Waals surface area contributed by atoms with Gasteiger partial charge in [0.05, 0.1) is 18.4 Å². The summed E-state index contributed by atoms with van der Waals surface area (Å²) in [7, 11) is 0. The molecule has 26 heavy (non-hydrogen) atoms. The molecular formula is C19H23FN2O3S. The second kappa shape index (κ2) is 8.70. The van der Waals surface area contributed by atoms with Crippen molar-refractivity contribution in [3.05, 3.63) is 35.0 Å². The number of amides is 1. The number of thiazole rings is 1. The molecule has 0 aliphatic carbocycles. The molecule has 2 heterocycles. The maximum atomic E-state index is 13.1. The summed E-state index contributed by atoms with van der Waals surface area (Å²) >= 11 is 1.39. The van der Waals surface area contributed by atoms with E-state index in [0.29, 0.717) is 11.7 Å². The Labute approximate surface area is 156 Å². The Kier molecular flexibility index (Phi) is 6.34. The number of nitrogens with zero attached hydrogens (tertiary/aromatic N) is 1. The van der Waals surface area contributed by atoms with E-state index in [1.807, 2.05) is 6.92 Å². The number of carbonyl (C=O) groups is 1. The van der Waals surface area contributed by atoms with Gasteiger partial charge in [0.15, 0.2) is 5.13 Å². The molecule has 1 aromatic heterocycles. The van der Waals surface area contributed by atoms with Crippen LogP contribution in [0, 0.1) is 12.7 Å². The molecule has 2 aromatic rings. The van der Waals surface area contributed by atoms with Gasteiger partial charge in [-0.3, -0.25) is 10.1 Å². The summed E-state index contributed by atoms with van der Waals surface area (Å²) < 4.78 is 24.3. The summed E-state index contributed by atoms with van der Waals surface area (Å²) in [6, 6.07) is 6.16. The Bertz CT molecular complexity index is 742. The minimum absolute atomic E-state index is 0.0752. The third-order valence-corrected chi connectivity index (χ3v) is 5.21. The van der Waals surface area contributed by atoms with Crippen molar-refractivity contribution in [2.45, 2.75) is 45.3 Å². The van der Waals surface area contributed by atoms with Crippen molar-refractivity contribution in [2.24, 2.45) is 0 Å². The van der Waals surface area contributed by atoms with Gasteiger partial charge in [-0.1, -0.05) is 0 Å². The molecule has 1 fully saturated rings. The smallest absolute Gasteiger partial charge is 0.254 e. The molecular weight excluding hydrogens is 355 g/mol. The number of carbonyl (C=O) groups excluding carboxylic acids is 1. The van der Waals surface area contributed by atoms with E-state index in [4.69, 9.17) is 9.47 Å². The van der Waals surface area contributed by atoms with Crippen molar-refractivity contribution in [2.75, 3.05) is 18.5 Å². The Morgan fingerprint density at radius 2 is 2.19 bits per heavy atom. The third kappa shape index (κ3) is 4.87. The van der Waals surface area contributed by atoms with E-state index in [1.54, 1.807) is 19.1 Å². The van der Waals surface area contributed by atoms with E-state index in [2.05, 4.69) is 10.3 Å². The molecule has 5 nitrogen and oxygen atoms in total. The molecule has 0 radical (unpaired) electrons. The molecule has 3 rings (SSSR count). The van der Waals surface area contributed by atoms with Gasteiger partial charge >= 0.3 is 0 Å². The molecule has 1 saturated heterocycles. The highest BCUT2D eigenvalue weighted by Crippen LogP contribution is 2.30. The zero-order chi connectivity index (χ0) is 18.5. The van der Waals surface area contributed by atoms with Gasteiger partial charge < -0.3 is 9.47 Å². The molecule has 0 saturated carbocycles. The lowest BCUT2D eigenvalue weighted by Crippen LogP contribution is -2.32. The third-order valence-electron chi connectivity index (χ3n) is 4.32. The van der Waals surface area contributed by atoms with Crippen LogP contribution in [-0.2, 0) is 14.3 Å². The van der Waals surface area contributed by atoms with Gasteiger partial charge in [-0.2, -0.15) is 0 Å². The predicted molar refractivity (Wildman–Crippen MR) is 99.9 cm³/mol. The molecule has 0 spiro atoms. The van der Waals surface area contributed by atoms with E-state index in [0.717, 1.165) is 42.0 Å². The van der Waals surface area contributed by atoms with Crippen molar-refractivity contribution >= 4 is 22.4 Å². The molecule has 140 valence electrons. The molecule has 0 bridgehead atoms. The van der Waals surface area contributed by atoms with Gasteiger partial charge in [0.1, 0.15) is 11.9 Å². The summed E-state index contributed by atoms with van der Waals surface area (Å²) in [4.78, 5) is 17.7. The molecule has 1 aliphatic rings. The van der Waals surface area contributed by atoms with Crippen molar-refractivity contribution in [3.63, 3.8) is 0 Å². The van der Waals surface area contributed by atoms with Crippen LogP contribution in [0.5, 0.6) is 0 Å². The average Bonchev–Trinajstić information content (AvgIpc) is 3.01. The Hall–Kier alpha value is -1.83. The molecule has 2 atom stereocenters. The number of aryl methyl sites for hydroxylation is 1. The highest BCUT2D eigenvalue weighted by atomic mass is 32.1. The van der Waals surface area contributed by atoms with Crippen LogP contribution in [-0.4, -0.2) is 36.3 Å². The Morgan fingerprint density at radius 1 is 1.42 bits per heavy atom. The maximum absolute atomic E-state index is 13.1. The van der Waals surface area contributed by atoms with Crippen LogP contribution in [0.4, 0.5) is 9.52 Å². The fourth-order valence-corrected chi connectivity index (χ4v) is 3.64. The SMILES string of the molecule is Cc1sc(NC(=O)[C@@H](C)OC[C@@H]2CCCCO2)nc1-c1ccc(F)cc1. The average molecular weight is 378 g/mol. The monoisotopic (exact) mass is 378 g/mol. The summed E-state index contributed by atoms with van der Waals surface area (Å²) in [6.45, 7) is 4.83. The van der Waals surface area contributed by atoms with Crippen LogP contribution in [0.25, 0.3) is 11.3 Å². The minimum Gasteiger partial charge on any atom is -0.376 e. The Morgan fingerprint density at radius 3 is 2.88 bits per heavy atom. The van der Waals surface area contributed by atoms with Crippen LogP contribution in [0.15, 0.2) is 24.3 Å². The van der Waals surface area contributed by atoms with Gasteiger partial charge in [-0.15, -0.1) is 11.3 Å². The zero-order valence-corrected chi connectivity index (χ0v) is 15.8. The minimum atomic E-state index is -0.584. The van der Waals surface area contributed by atoms with Crippen molar-refractivity contribution < 1.29 is 18.7 Å². The van der Waals surface area contributed by atoms with Crippen LogP contribution in [0.1, 0.15) is 31.1 Å². The number of aromatic nitrogens is 1. The second-order valence-electron chi connectivity index (χ2n) is 6.38. The Balaban J connectivity index is 1.57. The quantitative estimate of drug-likeness (QED) is 0.820. The highest BCUT2D eigenvalue weighted by molar-refractivity contribution is 7.16. The van der Waals surface area contributed by atoms with E-state index in [1.165, 1.54) is 23.5 Å². The van der Waals surface area contributed by atoms with Crippen molar-refractivity contribution in [1.29, 1.82) is 0 Å². The standard InChI is InChI=1S/C19H23FN2O3S/c1-12(25-11-16-5-3-4-10-24-16)18(23)22-19-21-17(13(2)26-19)14-6-8-15(20)9-7-14/h6-9,12,16H,3-5,10-11H2,1-2H3,(H,21,22,23)/t12-,16+/m1/s1. The number of anilines is 1. The number of halogens is 1. The first-order valence-electron chi connectivity index (χ1n) is 8.80. The van der Waals surface area contributed by atoms with E-state index >= 15 is 0 Å². The molecule has 1 N–H and O–H groups in total. The van der Waals surface area contributed by atoms with Crippen molar-refractivity contribution in [3.8, 4) is 11.3 Å². The lowest BCUT2D eigenvalue weighted by Gasteiger charge is -2.23.